The van der Waals surface area contributed by atoms with Crippen LogP contribution >= 0.6 is 0 Å². The van der Waals surface area contributed by atoms with E-state index >= 15 is 0 Å². The molecule has 1 fully saturated rings. The van der Waals surface area contributed by atoms with Gasteiger partial charge in [0.05, 0.1) is 19.3 Å². The molecule has 1 rings (SSSR count). The molecule has 0 saturated carbocycles. The molecule has 0 aliphatic carbocycles. The Bertz CT molecular complexity index is 448. The third-order valence-electron chi connectivity index (χ3n) is 3.17. The van der Waals surface area contributed by atoms with Gasteiger partial charge in [-0.15, -0.1) is 0 Å². The molecule has 7 nitrogen and oxygen atoms in total. The lowest BCUT2D eigenvalue weighted by Gasteiger charge is -2.32. The maximum absolute atomic E-state index is 12.1. The molecule has 1 amide bonds. The molecule has 0 radical (unpaired) electrons. The van der Waals surface area contributed by atoms with Crippen molar-refractivity contribution in [2.75, 3.05) is 40.0 Å². The molecular weight excluding hydrogens is 272 g/mol. The van der Waals surface area contributed by atoms with E-state index in [4.69, 9.17) is 0 Å². The van der Waals surface area contributed by atoms with Crippen molar-refractivity contribution < 1.29 is 22.7 Å². The number of ether oxygens (including phenoxy) is 1. The third-order valence-corrected chi connectivity index (χ3v) is 4.44. The van der Waals surface area contributed by atoms with Crippen LogP contribution in [0.25, 0.3) is 0 Å². The minimum absolute atomic E-state index is 0.120. The van der Waals surface area contributed by atoms with Crippen molar-refractivity contribution in [2.45, 2.75) is 12.8 Å². The molecule has 0 bridgehead atoms. The number of carbonyl (C=O) groups excluding carboxylic acids is 2. The summed E-state index contributed by atoms with van der Waals surface area (Å²) in [5, 5.41) is 0. The Morgan fingerprint density at radius 1 is 1.42 bits per heavy atom. The summed E-state index contributed by atoms with van der Waals surface area (Å²) in [7, 11) is -0.506. The summed E-state index contributed by atoms with van der Waals surface area (Å²) in [4.78, 5) is 24.5. The Balaban J connectivity index is 2.64. The first-order valence-electron chi connectivity index (χ1n) is 6.02. The van der Waals surface area contributed by atoms with E-state index in [0.717, 1.165) is 6.26 Å². The topological polar surface area (TPSA) is 84.0 Å². The van der Waals surface area contributed by atoms with Gasteiger partial charge in [-0.25, -0.2) is 12.7 Å². The molecular formula is C11H20N2O5S. The zero-order chi connectivity index (χ0) is 14.6. The van der Waals surface area contributed by atoms with Gasteiger partial charge in [0.25, 0.3) is 0 Å². The molecule has 1 unspecified atom stereocenters. The van der Waals surface area contributed by atoms with E-state index in [0.29, 0.717) is 19.4 Å². The highest BCUT2D eigenvalue weighted by atomic mass is 32.2. The predicted molar refractivity (Wildman–Crippen MR) is 68.8 cm³/mol. The summed E-state index contributed by atoms with van der Waals surface area (Å²) in [5.74, 6) is -1.11. The summed E-state index contributed by atoms with van der Waals surface area (Å²) in [6.07, 6.45) is 2.42. The molecule has 1 atom stereocenters. The summed E-state index contributed by atoms with van der Waals surface area (Å²) in [6, 6.07) is 0. The van der Waals surface area contributed by atoms with Gasteiger partial charge in [0.2, 0.25) is 15.9 Å². The highest BCUT2D eigenvalue weighted by Gasteiger charge is 2.32. The lowest BCUT2D eigenvalue weighted by atomic mass is 9.98. The summed E-state index contributed by atoms with van der Waals surface area (Å²) in [6.45, 7) is 0.511. The van der Waals surface area contributed by atoms with Crippen molar-refractivity contribution in [3.63, 3.8) is 0 Å². The Hall–Kier alpha value is -1.15. The number of methoxy groups -OCH3 is 1. The smallest absolute Gasteiger partial charge is 0.325 e. The molecule has 1 aliphatic rings. The van der Waals surface area contributed by atoms with Crippen LogP contribution < -0.4 is 0 Å². The Kier molecular flexibility index (Phi) is 5.30. The monoisotopic (exact) mass is 292 g/mol. The number of carbonyl (C=O) groups is 2. The quantitative estimate of drug-likeness (QED) is 0.639. The molecule has 19 heavy (non-hydrogen) atoms. The molecule has 1 saturated heterocycles. The summed E-state index contributed by atoms with van der Waals surface area (Å²) < 4.78 is 28.8. The Labute approximate surface area is 113 Å². The zero-order valence-corrected chi connectivity index (χ0v) is 12.3. The van der Waals surface area contributed by atoms with Crippen LogP contribution in [-0.2, 0) is 24.3 Å². The number of nitrogens with zero attached hydrogens (tertiary/aromatic N) is 2. The number of amides is 1. The maximum Gasteiger partial charge on any atom is 0.325 e. The predicted octanol–water partition coefficient (Wildman–Crippen LogP) is -0.711. The first kappa shape index (κ1) is 15.9. The molecule has 0 spiro atoms. The van der Waals surface area contributed by atoms with Crippen molar-refractivity contribution in [1.29, 1.82) is 0 Å². The second-order valence-corrected chi connectivity index (χ2v) is 6.71. The van der Waals surface area contributed by atoms with Crippen LogP contribution in [-0.4, -0.2) is 69.5 Å². The largest absolute Gasteiger partial charge is 0.468 e. The standard InChI is InChI=1S/C11H20N2O5S/c1-12(8-10(14)18-2)11(15)9-5-4-6-13(7-9)19(3,16)17/h9H,4-8H2,1-3H3. The molecule has 0 aromatic carbocycles. The second-order valence-electron chi connectivity index (χ2n) is 4.73. The Morgan fingerprint density at radius 2 is 2.05 bits per heavy atom. The fourth-order valence-corrected chi connectivity index (χ4v) is 3.00. The number of hydrogen-bond donors (Lipinski definition) is 0. The van der Waals surface area contributed by atoms with E-state index < -0.39 is 21.9 Å². The van der Waals surface area contributed by atoms with E-state index in [1.54, 1.807) is 0 Å². The average Bonchev–Trinajstić information content (AvgIpc) is 2.36. The fraction of sp³-hybridized carbons (Fsp3) is 0.818. The lowest BCUT2D eigenvalue weighted by molar-refractivity contribution is -0.147. The van der Waals surface area contributed by atoms with Gasteiger partial charge in [-0.3, -0.25) is 9.59 Å². The van der Waals surface area contributed by atoms with Gasteiger partial charge >= 0.3 is 5.97 Å². The van der Waals surface area contributed by atoms with Gasteiger partial charge in [-0.05, 0) is 12.8 Å². The van der Waals surface area contributed by atoms with Gasteiger partial charge < -0.3 is 9.64 Å². The van der Waals surface area contributed by atoms with Crippen LogP contribution in [0, 0.1) is 5.92 Å². The van der Waals surface area contributed by atoms with Crippen molar-refractivity contribution in [3.8, 4) is 0 Å². The van der Waals surface area contributed by atoms with Crippen LogP contribution in [0.5, 0.6) is 0 Å². The number of likely N-dealkylation sites (N-methyl/N-ethyl adjacent to an activating group) is 1. The van der Waals surface area contributed by atoms with Crippen molar-refractivity contribution in [3.05, 3.63) is 0 Å². The third kappa shape index (κ3) is 4.46. The lowest BCUT2D eigenvalue weighted by Crippen LogP contribution is -2.46. The van der Waals surface area contributed by atoms with Crippen LogP contribution in [0.2, 0.25) is 0 Å². The molecule has 0 aromatic heterocycles. The van der Waals surface area contributed by atoms with Gasteiger partial charge in [0.15, 0.2) is 0 Å². The van der Waals surface area contributed by atoms with Crippen LogP contribution in [0.15, 0.2) is 0 Å². The minimum atomic E-state index is -3.27. The van der Waals surface area contributed by atoms with E-state index in [2.05, 4.69) is 4.74 Å². The molecule has 8 heteroatoms. The molecule has 1 aliphatic heterocycles. The van der Waals surface area contributed by atoms with Gasteiger partial charge in [0.1, 0.15) is 6.54 Å². The average molecular weight is 292 g/mol. The van der Waals surface area contributed by atoms with E-state index in [9.17, 15) is 18.0 Å². The molecule has 1 heterocycles. The molecule has 0 N–H and O–H groups in total. The molecule has 110 valence electrons. The highest BCUT2D eigenvalue weighted by molar-refractivity contribution is 7.88. The maximum atomic E-state index is 12.1. The van der Waals surface area contributed by atoms with Crippen LogP contribution in [0.1, 0.15) is 12.8 Å². The Morgan fingerprint density at radius 3 is 2.58 bits per heavy atom. The van der Waals surface area contributed by atoms with Gasteiger partial charge in [-0.1, -0.05) is 0 Å². The number of rotatable bonds is 4. The van der Waals surface area contributed by atoms with E-state index in [1.165, 1.54) is 23.4 Å². The van der Waals surface area contributed by atoms with Crippen molar-refractivity contribution >= 4 is 21.9 Å². The van der Waals surface area contributed by atoms with E-state index in [1.807, 2.05) is 0 Å². The summed E-state index contributed by atoms with van der Waals surface area (Å²) in [5.41, 5.74) is 0. The number of esters is 1. The van der Waals surface area contributed by atoms with Gasteiger partial charge in [0, 0.05) is 20.1 Å². The summed E-state index contributed by atoms with van der Waals surface area (Å²) >= 11 is 0. The minimum Gasteiger partial charge on any atom is -0.468 e. The first-order chi connectivity index (χ1) is 8.75. The van der Waals surface area contributed by atoms with E-state index in [-0.39, 0.29) is 19.0 Å². The number of sulfonamides is 1. The normalized spacial score (nSPS) is 20.9. The van der Waals surface area contributed by atoms with Crippen LogP contribution in [0.3, 0.4) is 0 Å². The molecule has 0 aromatic rings. The highest BCUT2D eigenvalue weighted by Crippen LogP contribution is 2.20. The number of hydrogen-bond acceptors (Lipinski definition) is 5. The van der Waals surface area contributed by atoms with Crippen LogP contribution in [0.4, 0.5) is 0 Å². The zero-order valence-electron chi connectivity index (χ0n) is 11.5. The number of piperidine rings is 1. The second kappa shape index (κ2) is 6.33. The SMILES string of the molecule is COC(=O)CN(C)C(=O)C1CCCN(S(C)(=O)=O)C1. The van der Waals surface area contributed by atoms with Crippen molar-refractivity contribution in [2.24, 2.45) is 5.92 Å². The van der Waals surface area contributed by atoms with Gasteiger partial charge in [-0.2, -0.15) is 0 Å². The fourth-order valence-electron chi connectivity index (χ4n) is 2.09. The van der Waals surface area contributed by atoms with Crippen molar-refractivity contribution in [1.82, 2.24) is 9.21 Å². The first-order valence-corrected chi connectivity index (χ1v) is 7.87.